The van der Waals surface area contributed by atoms with Gasteiger partial charge in [0.1, 0.15) is 5.82 Å². The summed E-state index contributed by atoms with van der Waals surface area (Å²) in [6.45, 7) is 13.7. The smallest absolute Gasteiger partial charge is 0.237 e. The Hall–Kier alpha value is -1.21. The van der Waals surface area contributed by atoms with Crippen molar-refractivity contribution in [2.75, 3.05) is 31.1 Å². The largest absolute Gasteiger partial charge is 0.350 e. The van der Waals surface area contributed by atoms with Crippen LogP contribution in [0, 0.1) is 6.92 Å². The van der Waals surface area contributed by atoms with Gasteiger partial charge in [-0.1, -0.05) is 6.92 Å². The number of piperazine rings is 1. The third kappa shape index (κ3) is 4.16. The summed E-state index contributed by atoms with van der Waals surface area (Å²) in [5, 5.41) is 4.12. The first-order valence-electron chi connectivity index (χ1n) is 7.94. The highest BCUT2D eigenvalue weighted by molar-refractivity contribution is 7.09. The van der Waals surface area contributed by atoms with Crippen LogP contribution >= 0.6 is 11.5 Å². The van der Waals surface area contributed by atoms with Gasteiger partial charge in [-0.25, -0.2) is 4.98 Å². The first-order chi connectivity index (χ1) is 10.3. The van der Waals surface area contributed by atoms with Gasteiger partial charge in [0.25, 0.3) is 0 Å². The topological polar surface area (TPSA) is 61.4 Å². The molecule has 7 heteroatoms. The van der Waals surface area contributed by atoms with Crippen LogP contribution in [0.2, 0.25) is 0 Å². The zero-order chi connectivity index (χ0) is 16.3. The molecule has 124 valence electrons. The van der Waals surface area contributed by atoms with Crippen molar-refractivity contribution < 1.29 is 4.79 Å². The second kappa shape index (κ2) is 6.91. The van der Waals surface area contributed by atoms with Crippen molar-refractivity contribution in [3.8, 4) is 0 Å². The van der Waals surface area contributed by atoms with Crippen molar-refractivity contribution in [3.05, 3.63) is 5.82 Å². The van der Waals surface area contributed by atoms with Gasteiger partial charge in [-0.3, -0.25) is 9.69 Å². The first-order valence-corrected chi connectivity index (χ1v) is 8.71. The molecule has 1 fully saturated rings. The zero-order valence-electron chi connectivity index (χ0n) is 14.2. The first kappa shape index (κ1) is 17.1. The Morgan fingerprint density at radius 2 is 2.00 bits per heavy atom. The molecule has 0 bridgehead atoms. The molecule has 0 saturated carbocycles. The number of carbonyl (C=O) groups excluding carboxylic acids is 1. The summed E-state index contributed by atoms with van der Waals surface area (Å²) in [5.74, 6) is 0.948. The molecule has 1 aliphatic rings. The molecule has 22 heavy (non-hydrogen) atoms. The molecule has 1 amide bonds. The zero-order valence-corrected chi connectivity index (χ0v) is 15.0. The van der Waals surface area contributed by atoms with Gasteiger partial charge in [-0.15, -0.1) is 0 Å². The normalized spacial score (nSPS) is 18.3. The Morgan fingerprint density at radius 1 is 1.36 bits per heavy atom. The highest BCUT2D eigenvalue weighted by atomic mass is 32.1. The van der Waals surface area contributed by atoms with Gasteiger partial charge in [0.05, 0.1) is 6.04 Å². The molecular formula is C15H27N5OS. The number of hydrogen-bond donors (Lipinski definition) is 1. The van der Waals surface area contributed by atoms with Crippen LogP contribution in [0.4, 0.5) is 5.13 Å². The summed E-state index contributed by atoms with van der Waals surface area (Å²) in [6, 6.07) is -0.0934. The van der Waals surface area contributed by atoms with E-state index in [1.54, 1.807) is 0 Å². The lowest BCUT2D eigenvalue weighted by Crippen LogP contribution is -2.56. The highest BCUT2D eigenvalue weighted by Gasteiger charge is 2.29. The van der Waals surface area contributed by atoms with Crippen molar-refractivity contribution in [1.82, 2.24) is 19.6 Å². The standard InChI is InChI=1S/C15H27N5OS/c1-6-15(4,5)17-13(21)11(2)19-7-9-20(10-8-19)14-16-12(3)18-22-14/h11H,6-10H2,1-5H3,(H,17,21)/t11-/m1/s1. The molecule has 0 radical (unpaired) electrons. The number of rotatable bonds is 5. The molecule has 2 heterocycles. The Labute approximate surface area is 137 Å². The predicted octanol–water partition coefficient (Wildman–Crippen LogP) is 1.66. The number of hydrogen-bond acceptors (Lipinski definition) is 6. The van der Waals surface area contributed by atoms with Gasteiger partial charge in [0, 0.05) is 43.3 Å². The second-order valence-electron chi connectivity index (χ2n) is 6.55. The fourth-order valence-electron chi connectivity index (χ4n) is 2.41. The molecule has 1 aromatic rings. The van der Waals surface area contributed by atoms with E-state index in [0.717, 1.165) is 43.6 Å². The van der Waals surface area contributed by atoms with Crippen molar-refractivity contribution in [3.63, 3.8) is 0 Å². The van der Waals surface area contributed by atoms with Gasteiger partial charge in [0.15, 0.2) is 0 Å². The van der Waals surface area contributed by atoms with E-state index >= 15 is 0 Å². The van der Waals surface area contributed by atoms with Crippen LogP contribution in [-0.4, -0.2) is 57.9 Å². The SMILES string of the molecule is CCC(C)(C)NC(=O)[C@@H](C)N1CCN(c2nc(C)ns2)CC1. The number of nitrogens with one attached hydrogen (secondary N) is 1. The number of amides is 1. The number of carbonyl (C=O) groups is 1. The summed E-state index contributed by atoms with van der Waals surface area (Å²) in [7, 11) is 0. The van der Waals surface area contributed by atoms with Crippen LogP contribution in [-0.2, 0) is 4.79 Å². The van der Waals surface area contributed by atoms with Crippen LogP contribution in [0.25, 0.3) is 0 Å². The molecule has 0 aliphatic carbocycles. The maximum Gasteiger partial charge on any atom is 0.237 e. The lowest BCUT2D eigenvalue weighted by Gasteiger charge is -2.38. The van der Waals surface area contributed by atoms with Gasteiger partial charge in [-0.05, 0) is 34.1 Å². The third-order valence-corrected chi connectivity index (χ3v) is 5.24. The quantitative estimate of drug-likeness (QED) is 0.892. The molecule has 6 nitrogen and oxygen atoms in total. The Bertz CT molecular complexity index is 508. The molecule has 1 aromatic heterocycles. The molecule has 1 aliphatic heterocycles. The van der Waals surface area contributed by atoms with Gasteiger partial charge >= 0.3 is 0 Å². The number of aryl methyl sites for hydroxylation is 1. The maximum absolute atomic E-state index is 12.4. The van der Waals surface area contributed by atoms with Crippen LogP contribution in [0.3, 0.4) is 0 Å². The van der Waals surface area contributed by atoms with Gasteiger partial charge in [0.2, 0.25) is 11.0 Å². The maximum atomic E-state index is 12.4. The summed E-state index contributed by atoms with van der Waals surface area (Å²) < 4.78 is 4.24. The third-order valence-electron chi connectivity index (χ3n) is 4.37. The molecule has 0 spiro atoms. The van der Waals surface area contributed by atoms with E-state index < -0.39 is 0 Å². The number of anilines is 1. The fraction of sp³-hybridized carbons (Fsp3) is 0.800. The number of aromatic nitrogens is 2. The van der Waals surface area contributed by atoms with E-state index in [2.05, 4.69) is 45.2 Å². The second-order valence-corrected chi connectivity index (χ2v) is 7.28. The van der Waals surface area contributed by atoms with Crippen molar-refractivity contribution in [2.24, 2.45) is 0 Å². The molecule has 0 unspecified atom stereocenters. The van der Waals surface area contributed by atoms with E-state index in [9.17, 15) is 4.79 Å². The average Bonchev–Trinajstić information content (AvgIpc) is 2.93. The predicted molar refractivity (Wildman–Crippen MR) is 90.4 cm³/mol. The highest BCUT2D eigenvalue weighted by Crippen LogP contribution is 2.19. The summed E-state index contributed by atoms with van der Waals surface area (Å²) in [5.41, 5.74) is -0.142. The van der Waals surface area contributed by atoms with Crippen molar-refractivity contribution in [1.29, 1.82) is 0 Å². The van der Waals surface area contributed by atoms with E-state index in [0.29, 0.717) is 0 Å². The van der Waals surface area contributed by atoms with E-state index in [1.807, 2.05) is 13.8 Å². The molecular weight excluding hydrogens is 298 g/mol. The van der Waals surface area contributed by atoms with E-state index in [-0.39, 0.29) is 17.5 Å². The molecule has 2 rings (SSSR count). The fourth-order valence-corrected chi connectivity index (χ4v) is 3.13. The van der Waals surface area contributed by atoms with Crippen LogP contribution in [0.15, 0.2) is 0 Å². The summed E-state index contributed by atoms with van der Waals surface area (Å²) in [6.07, 6.45) is 0.926. The van der Waals surface area contributed by atoms with Crippen LogP contribution in [0.5, 0.6) is 0 Å². The minimum absolute atomic E-state index is 0.0934. The summed E-state index contributed by atoms with van der Waals surface area (Å²) in [4.78, 5) is 21.3. The van der Waals surface area contributed by atoms with Gasteiger partial charge < -0.3 is 10.2 Å². The Kier molecular flexibility index (Phi) is 5.39. The minimum atomic E-state index is -0.142. The molecule has 1 N–H and O–H groups in total. The van der Waals surface area contributed by atoms with E-state index in [4.69, 9.17) is 0 Å². The van der Waals surface area contributed by atoms with Gasteiger partial charge in [-0.2, -0.15) is 4.37 Å². The lowest BCUT2D eigenvalue weighted by atomic mass is 10.0. The molecule has 0 aromatic carbocycles. The van der Waals surface area contributed by atoms with E-state index in [1.165, 1.54) is 11.5 Å². The summed E-state index contributed by atoms with van der Waals surface area (Å²) >= 11 is 1.45. The van der Waals surface area contributed by atoms with Crippen molar-refractivity contribution >= 4 is 22.6 Å². The monoisotopic (exact) mass is 325 g/mol. The molecule has 1 atom stereocenters. The minimum Gasteiger partial charge on any atom is -0.350 e. The lowest BCUT2D eigenvalue weighted by molar-refractivity contribution is -0.127. The van der Waals surface area contributed by atoms with Crippen LogP contribution < -0.4 is 10.2 Å². The van der Waals surface area contributed by atoms with Crippen LogP contribution in [0.1, 0.15) is 39.9 Å². The molecule has 1 saturated heterocycles. The Morgan fingerprint density at radius 3 is 2.50 bits per heavy atom. The number of nitrogens with zero attached hydrogens (tertiary/aromatic N) is 4. The van der Waals surface area contributed by atoms with Crippen molar-refractivity contribution in [2.45, 2.75) is 52.6 Å². The average molecular weight is 325 g/mol. The Balaban J connectivity index is 1.87.